The molecule has 0 radical (unpaired) electrons. The van der Waals surface area contributed by atoms with Crippen molar-refractivity contribution in [3.8, 4) is 11.5 Å². The van der Waals surface area contributed by atoms with Crippen LogP contribution in [0.3, 0.4) is 0 Å². The van der Waals surface area contributed by atoms with E-state index in [2.05, 4.69) is 4.18 Å². The molecule has 7 nitrogen and oxygen atoms in total. The largest absolute Gasteiger partial charge is 0.508 e. The Hall–Kier alpha value is -1.80. The van der Waals surface area contributed by atoms with Gasteiger partial charge in [-0.1, -0.05) is 0 Å². The van der Waals surface area contributed by atoms with Crippen LogP contribution < -0.4 is 4.18 Å². The van der Waals surface area contributed by atoms with Gasteiger partial charge in [0, 0.05) is 12.5 Å². The molecule has 0 heterocycles. The fourth-order valence-electron chi connectivity index (χ4n) is 1.21. The number of aryl methyl sites for hydroxylation is 1. The number of hydrogen-bond donors (Lipinski definition) is 3. The Morgan fingerprint density at radius 1 is 1.29 bits per heavy atom. The van der Waals surface area contributed by atoms with Gasteiger partial charge < -0.3 is 14.4 Å². The molecule has 0 saturated carbocycles. The second-order valence-electron chi connectivity index (χ2n) is 3.24. The van der Waals surface area contributed by atoms with E-state index in [1.54, 1.807) is 0 Å². The second kappa shape index (κ2) is 5.02. The van der Waals surface area contributed by atoms with Gasteiger partial charge in [-0.05, 0) is 24.1 Å². The fourth-order valence-corrected chi connectivity index (χ4v) is 1.55. The number of carbonyl (C=O) groups is 1. The maximum atomic E-state index is 10.4. The van der Waals surface area contributed by atoms with Gasteiger partial charge in [0.15, 0.2) is 0 Å². The Kier molecular flexibility index (Phi) is 3.92. The molecule has 3 N–H and O–H groups in total. The van der Waals surface area contributed by atoms with Crippen molar-refractivity contribution in [2.75, 3.05) is 0 Å². The van der Waals surface area contributed by atoms with Crippen LogP contribution in [0.5, 0.6) is 11.5 Å². The molecule has 1 rings (SSSR count). The van der Waals surface area contributed by atoms with Crippen LogP contribution in [0, 0.1) is 0 Å². The summed E-state index contributed by atoms with van der Waals surface area (Å²) in [5, 5.41) is 17.7. The minimum Gasteiger partial charge on any atom is -0.508 e. The molecule has 0 spiro atoms. The normalized spacial score (nSPS) is 11.1. The zero-order valence-corrected chi connectivity index (χ0v) is 9.35. The standard InChI is InChI=1S/C9H10O7S/c10-7-3-6(1-2-9(11)12)4-8(5-7)16-17(13,14)15/h3-5,10H,1-2H2,(H,11,12)(H,13,14,15). The smallest absolute Gasteiger partial charge is 0.446 e. The number of hydrogen-bond acceptors (Lipinski definition) is 5. The van der Waals surface area contributed by atoms with Crippen LogP contribution in [0.15, 0.2) is 18.2 Å². The Balaban J connectivity index is 2.90. The van der Waals surface area contributed by atoms with Gasteiger partial charge >= 0.3 is 16.4 Å². The van der Waals surface area contributed by atoms with E-state index in [4.69, 9.17) is 9.66 Å². The lowest BCUT2D eigenvalue weighted by Crippen LogP contribution is -2.07. The van der Waals surface area contributed by atoms with Gasteiger partial charge in [0.05, 0.1) is 0 Å². The summed E-state index contributed by atoms with van der Waals surface area (Å²) in [7, 11) is -4.67. The molecule has 94 valence electrons. The number of phenols is 1. The molecular weight excluding hydrogens is 252 g/mol. The van der Waals surface area contributed by atoms with Crippen LogP contribution in [-0.2, 0) is 21.6 Å². The lowest BCUT2D eigenvalue weighted by Gasteiger charge is -2.05. The Morgan fingerprint density at radius 2 is 1.94 bits per heavy atom. The van der Waals surface area contributed by atoms with Gasteiger partial charge in [0.2, 0.25) is 0 Å². The topological polar surface area (TPSA) is 121 Å². The first-order valence-corrected chi connectivity index (χ1v) is 5.84. The summed E-state index contributed by atoms with van der Waals surface area (Å²) < 4.78 is 33.5. The van der Waals surface area contributed by atoms with E-state index in [0.717, 1.165) is 6.07 Å². The summed E-state index contributed by atoms with van der Waals surface area (Å²) >= 11 is 0. The molecule has 1 aromatic carbocycles. The third kappa shape index (κ3) is 5.18. The highest BCUT2D eigenvalue weighted by molar-refractivity contribution is 7.81. The van der Waals surface area contributed by atoms with Crippen LogP contribution in [0.1, 0.15) is 12.0 Å². The predicted octanol–water partition coefficient (Wildman–Crippen LogP) is 0.591. The van der Waals surface area contributed by atoms with Gasteiger partial charge in [-0.2, -0.15) is 8.42 Å². The quantitative estimate of drug-likeness (QED) is 0.664. The molecule has 0 bridgehead atoms. The van der Waals surface area contributed by atoms with Crippen molar-refractivity contribution < 1.29 is 32.2 Å². The highest BCUT2D eigenvalue weighted by atomic mass is 32.3. The van der Waals surface area contributed by atoms with Gasteiger partial charge in [-0.25, -0.2) is 0 Å². The van der Waals surface area contributed by atoms with Crippen molar-refractivity contribution in [3.05, 3.63) is 23.8 Å². The minimum absolute atomic E-state index is 0.103. The van der Waals surface area contributed by atoms with Crippen molar-refractivity contribution >= 4 is 16.4 Å². The second-order valence-corrected chi connectivity index (χ2v) is 4.26. The first kappa shape index (κ1) is 13.3. The summed E-state index contributed by atoms with van der Waals surface area (Å²) in [6, 6.07) is 3.48. The summed E-state index contributed by atoms with van der Waals surface area (Å²) in [4.78, 5) is 10.3. The first-order valence-electron chi connectivity index (χ1n) is 4.48. The Morgan fingerprint density at radius 3 is 2.47 bits per heavy atom. The van der Waals surface area contributed by atoms with E-state index in [-0.39, 0.29) is 24.3 Å². The van der Waals surface area contributed by atoms with Crippen molar-refractivity contribution in [2.45, 2.75) is 12.8 Å². The summed E-state index contributed by atoms with van der Waals surface area (Å²) in [5.74, 6) is -1.59. The number of phenolic OH excluding ortho intramolecular Hbond substituents is 1. The van der Waals surface area contributed by atoms with E-state index in [0.29, 0.717) is 5.56 Å². The van der Waals surface area contributed by atoms with Crippen molar-refractivity contribution in [1.29, 1.82) is 0 Å². The van der Waals surface area contributed by atoms with E-state index in [1.807, 2.05) is 0 Å². The molecular formula is C9H10O7S. The molecule has 1 aromatic rings. The molecule has 0 unspecified atom stereocenters. The highest BCUT2D eigenvalue weighted by Gasteiger charge is 2.10. The fraction of sp³-hybridized carbons (Fsp3) is 0.222. The summed E-state index contributed by atoms with van der Waals surface area (Å²) in [6.07, 6.45) is -0.0691. The number of aliphatic carboxylic acids is 1. The third-order valence-electron chi connectivity index (χ3n) is 1.78. The van der Waals surface area contributed by atoms with Gasteiger partial charge in [0.1, 0.15) is 11.5 Å². The molecule has 0 saturated heterocycles. The zero-order chi connectivity index (χ0) is 13.1. The van der Waals surface area contributed by atoms with Crippen molar-refractivity contribution in [1.82, 2.24) is 0 Å². The molecule has 0 fully saturated rings. The lowest BCUT2D eigenvalue weighted by molar-refractivity contribution is -0.136. The maximum absolute atomic E-state index is 10.4. The average Bonchev–Trinajstić information content (AvgIpc) is 2.10. The number of rotatable bonds is 5. The number of carboxylic acid groups (broad SMARTS) is 1. The van der Waals surface area contributed by atoms with E-state index >= 15 is 0 Å². The van der Waals surface area contributed by atoms with Crippen LogP contribution in [0.25, 0.3) is 0 Å². The molecule has 0 aliphatic heterocycles. The molecule has 0 amide bonds. The van der Waals surface area contributed by atoms with Crippen LogP contribution in [0.2, 0.25) is 0 Å². The Labute approximate surface area is 97.2 Å². The van der Waals surface area contributed by atoms with E-state index in [9.17, 15) is 18.3 Å². The van der Waals surface area contributed by atoms with Crippen LogP contribution in [0.4, 0.5) is 0 Å². The molecule has 0 aliphatic carbocycles. The predicted molar refractivity (Wildman–Crippen MR) is 56.2 cm³/mol. The first-order chi connectivity index (χ1) is 7.76. The number of carboxylic acids is 1. The van der Waals surface area contributed by atoms with Crippen molar-refractivity contribution in [3.63, 3.8) is 0 Å². The molecule has 8 heteroatoms. The Bertz CT molecular complexity index is 520. The number of aromatic hydroxyl groups is 1. The monoisotopic (exact) mass is 262 g/mol. The number of benzene rings is 1. The van der Waals surface area contributed by atoms with Gasteiger partial charge in [0.25, 0.3) is 0 Å². The molecule has 0 aromatic heterocycles. The van der Waals surface area contributed by atoms with Crippen LogP contribution >= 0.6 is 0 Å². The summed E-state index contributed by atoms with van der Waals surface area (Å²) in [5.41, 5.74) is 0.381. The van der Waals surface area contributed by atoms with Crippen LogP contribution in [-0.4, -0.2) is 29.2 Å². The highest BCUT2D eigenvalue weighted by Crippen LogP contribution is 2.23. The molecule has 17 heavy (non-hydrogen) atoms. The average molecular weight is 262 g/mol. The van der Waals surface area contributed by atoms with E-state index in [1.165, 1.54) is 12.1 Å². The van der Waals surface area contributed by atoms with E-state index < -0.39 is 16.4 Å². The minimum atomic E-state index is -4.67. The maximum Gasteiger partial charge on any atom is 0.446 e. The molecule has 0 atom stereocenters. The third-order valence-corrected chi connectivity index (χ3v) is 2.18. The van der Waals surface area contributed by atoms with Crippen molar-refractivity contribution in [2.24, 2.45) is 0 Å². The lowest BCUT2D eigenvalue weighted by atomic mass is 10.1. The van der Waals surface area contributed by atoms with Gasteiger partial charge in [-0.3, -0.25) is 9.35 Å². The zero-order valence-electron chi connectivity index (χ0n) is 8.53. The molecule has 0 aliphatic rings. The summed E-state index contributed by atoms with van der Waals surface area (Å²) in [6.45, 7) is 0. The van der Waals surface area contributed by atoms with Gasteiger partial charge in [-0.15, -0.1) is 0 Å². The SMILES string of the molecule is O=C(O)CCc1cc(O)cc(OS(=O)(=O)O)c1.